The Bertz CT molecular complexity index is 763. The first-order chi connectivity index (χ1) is 12.9. The zero-order chi connectivity index (χ0) is 19.3. The summed E-state index contributed by atoms with van der Waals surface area (Å²) in [5.41, 5.74) is 3.33. The zero-order valence-corrected chi connectivity index (χ0v) is 16.1. The number of benzene rings is 2. The molecular formula is C21H27N3O3. The second-order valence-corrected chi connectivity index (χ2v) is 7.45. The average Bonchev–Trinajstić information content (AvgIpc) is 2.63. The lowest BCUT2D eigenvalue weighted by Gasteiger charge is -2.30. The van der Waals surface area contributed by atoms with Crippen LogP contribution in [0.25, 0.3) is 0 Å². The van der Waals surface area contributed by atoms with Crippen LogP contribution in [0, 0.1) is 0 Å². The SMILES string of the molecule is CC(C)(C)OC(=O)Nc1ccc(Nc2ccccc2N2CCOCC2)cc1. The Morgan fingerprint density at radius 3 is 2.30 bits per heavy atom. The van der Waals surface area contributed by atoms with Crippen LogP contribution in [0.15, 0.2) is 48.5 Å². The molecule has 2 aromatic rings. The third-order valence-electron chi connectivity index (χ3n) is 4.07. The van der Waals surface area contributed by atoms with Crippen molar-refractivity contribution in [2.75, 3.05) is 41.8 Å². The summed E-state index contributed by atoms with van der Waals surface area (Å²) in [4.78, 5) is 14.2. The first-order valence-electron chi connectivity index (χ1n) is 9.19. The van der Waals surface area contributed by atoms with Crippen LogP contribution in [0.5, 0.6) is 0 Å². The summed E-state index contributed by atoms with van der Waals surface area (Å²) in [6.45, 7) is 8.79. The Morgan fingerprint density at radius 2 is 1.63 bits per heavy atom. The third-order valence-corrected chi connectivity index (χ3v) is 4.07. The molecule has 0 unspecified atom stereocenters. The van der Waals surface area contributed by atoms with Gasteiger partial charge in [0, 0.05) is 24.5 Å². The van der Waals surface area contributed by atoms with Crippen molar-refractivity contribution in [1.82, 2.24) is 0 Å². The largest absolute Gasteiger partial charge is 0.444 e. The van der Waals surface area contributed by atoms with Crippen molar-refractivity contribution in [3.8, 4) is 0 Å². The van der Waals surface area contributed by atoms with E-state index in [1.165, 1.54) is 0 Å². The number of rotatable bonds is 4. The van der Waals surface area contributed by atoms with E-state index in [-0.39, 0.29) is 0 Å². The molecule has 2 N–H and O–H groups in total. The Labute approximate surface area is 160 Å². The van der Waals surface area contributed by atoms with Crippen LogP contribution in [0.1, 0.15) is 20.8 Å². The van der Waals surface area contributed by atoms with Gasteiger partial charge in [0.15, 0.2) is 0 Å². The van der Waals surface area contributed by atoms with Crippen LogP contribution in [0.4, 0.5) is 27.5 Å². The Morgan fingerprint density at radius 1 is 1.00 bits per heavy atom. The van der Waals surface area contributed by atoms with Crippen molar-refractivity contribution in [1.29, 1.82) is 0 Å². The van der Waals surface area contributed by atoms with E-state index < -0.39 is 11.7 Å². The molecule has 6 nitrogen and oxygen atoms in total. The molecule has 1 aliphatic heterocycles. The quantitative estimate of drug-likeness (QED) is 0.824. The maximum Gasteiger partial charge on any atom is 0.412 e. The minimum atomic E-state index is -0.519. The van der Waals surface area contributed by atoms with Crippen LogP contribution in [0.2, 0.25) is 0 Å². The molecule has 2 aromatic carbocycles. The molecule has 0 saturated carbocycles. The predicted molar refractivity (Wildman–Crippen MR) is 109 cm³/mol. The highest BCUT2D eigenvalue weighted by Gasteiger charge is 2.16. The lowest BCUT2D eigenvalue weighted by molar-refractivity contribution is 0.0636. The fourth-order valence-electron chi connectivity index (χ4n) is 2.87. The van der Waals surface area contributed by atoms with E-state index in [1.54, 1.807) is 0 Å². The zero-order valence-electron chi connectivity index (χ0n) is 16.1. The van der Waals surface area contributed by atoms with Crippen LogP contribution in [-0.2, 0) is 9.47 Å². The molecule has 3 rings (SSSR count). The van der Waals surface area contributed by atoms with E-state index in [4.69, 9.17) is 9.47 Å². The lowest BCUT2D eigenvalue weighted by Crippen LogP contribution is -2.36. The number of nitrogens with zero attached hydrogens (tertiary/aromatic N) is 1. The van der Waals surface area contributed by atoms with Crippen LogP contribution < -0.4 is 15.5 Å². The highest BCUT2D eigenvalue weighted by atomic mass is 16.6. The minimum Gasteiger partial charge on any atom is -0.444 e. The summed E-state index contributed by atoms with van der Waals surface area (Å²) in [5, 5.41) is 6.20. The molecule has 144 valence electrons. The van der Waals surface area contributed by atoms with E-state index in [1.807, 2.05) is 57.2 Å². The van der Waals surface area contributed by atoms with Gasteiger partial charge in [-0.25, -0.2) is 4.79 Å². The number of carbonyl (C=O) groups is 1. The van der Waals surface area contributed by atoms with Gasteiger partial charge >= 0.3 is 6.09 Å². The first-order valence-corrected chi connectivity index (χ1v) is 9.19. The average molecular weight is 369 g/mol. The number of nitrogens with one attached hydrogen (secondary N) is 2. The van der Waals surface area contributed by atoms with Gasteiger partial charge < -0.3 is 19.7 Å². The van der Waals surface area contributed by atoms with Gasteiger partial charge in [0.05, 0.1) is 24.6 Å². The minimum absolute atomic E-state index is 0.458. The molecule has 0 aromatic heterocycles. The monoisotopic (exact) mass is 369 g/mol. The smallest absolute Gasteiger partial charge is 0.412 e. The molecule has 1 amide bonds. The van der Waals surface area contributed by atoms with E-state index >= 15 is 0 Å². The molecule has 6 heteroatoms. The van der Waals surface area contributed by atoms with Gasteiger partial charge in [0.1, 0.15) is 5.60 Å². The van der Waals surface area contributed by atoms with E-state index in [2.05, 4.69) is 27.7 Å². The number of hydrogen-bond acceptors (Lipinski definition) is 5. The van der Waals surface area contributed by atoms with Crippen LogP contribution in [0.3, 0.4) is 0 Å². The van der Waals surface area contributed by atoms with Crippen molar-refractivity contribution in [3.63, 3.8) is 0 Å². The maximum absolute atomic E-state index is 11.9. The topological polar surface area (TPSA) is 62.8 Å². The summed E-state index contributed by atoms with van der Waals surface area (Å²) in [5.74, 6) is 0. The van der Waals surface area contributed by atoms with Crippen molar-refractivity contribution in [2.24, 2.45) is 0 Å². The molecule has 1 fully saturated rings. The molecule has 0 bridgehead atoms. The fourth-order valence-corrected chi connectivity index (χ4v) is 2.87. The number of anilines is 4. The van der Waals surface area contributed by atoms with Gasteiger partial charge in [-0.05, 0) is 57.2 Å². The Kier molecular flexibility index (Phi) is 5.86. The summed E-state index contributed by atoms with van der Waals surface area (Å²) in [6, 6.07) is 15.8. The molecule has 1 heterocycles. The number of hydrogen-bond donors (Lipinski definition) is 2. The fraction of sp³-hybridized carbons (Fsp3) is 0.381. The first kappa shape index (κ1) is 19.0. The molecule has 1 saturated heterocycles. The maximum atomic E-state index is 11.9. The summed E-state index contributed by atoms with van der Waals surface area (Å²) in [6.07, 6.45) is -0.458. The predicted octanol–water partition coefficient (Wildman–Crippen LogP) is 4.61. The summed E-state index contributed by atoms with van der Waals surface area (Å²) < 4.78 is 10.7. The number of para-hydroxylation sites is 2. The summed E-state index contributed by atoms with van der Waals surface area (Å²) >= 11 is 0. The number of amides is 1. The van der Waals surface area contributed by atoms with Gasteiger partial charge in [-0.3, -0.25) is 5.32 Å². The normalized spacial score (nSPS) is 14.6. The molecule has 0 spiro atoms. The standard InChI is InChI=1S/C21H27N3O3/c1-21(2,3)27-20(25)23-17-10-8-16(9-11-17)22-18-6-4-5-7-19(18)24-12-14-26-15-13-24/h4-11,22H,12-15H2,1-3H3,(H,23,25). The van der Waals surface area contributed by atoms with E-state index in [0.717, 1.165) is 43.4 Å². The van der Waals surface area contributed by atoms with Crippen molar-refractivity contribution < 1.29 is 14.3 Å². The lowest BCUT2D eigenvalue weighted by atomic mass is 10.2. The molecule has 0 atom stereocenters. The molecule has 27 heavy (non-hydrogen) atoms. The van der Waals surface area contributed by atoms with Gasteiger partial charge in [0.2, 0.25) is 0 Å². The summed E-state index contributed by atoms with van der Waals surface area (Å²) in [7, 11) is 0. The Balaban J connectivity index is 1.66. The van der Waals surface area contributed by atoms with E-state index in [9.17, 15) is 4.79 Å². The van der Waals surface area contributed by atoms with Crippen LogP contribution >= 0.6 is 0 Å². The van der Waals surface area contributed by atoms with Crippen molar-refractivity contribution in [3.05, 3.63) is 48.5 Å². The highest BCUT2D eigenvalue weighted by molar-refractivity contribution is 5.85. The van der Waals surface area contributed by atoms with Gasteiger partial charge in [0.25, 0.3) is 0 Å². The van der Waals surface area contributed by atoms with Gasteiger partial charge in [-0.15, -0.1) is 0 Å². The van der Waals surface area contributed by atoms with Crippen molar-refractivity contribution >= 4 is 28.8 Å². The highest BCUT2D eigenvalue weighted by Crippen LogP contribution is 2.29. The van der Waals surface area contributed by atoms with Crippen molar-refractivity contribution in [2.45, 2.75) is 26.4 Å². The second-order valence-electron chi connectivity index (χ2n) is 7.45. The Hall–Kier alpha value is -2.73. The molecular weight excluding hydrogens is 342 g/mol. The molecule has 0 radical (unpaired) electrons. The van der Waals surface area contributed by atoms with Gasteiger partial charge in [-0.1, -0.05) is 12.1 Å². The number of ether oxygens (including phenoxy) is 2. The second kappa shape index (κ2) is 8.31. The number of carbonyl (C=O) groups excluding carboxylic acids is 1. The van der Waals surface area contributed by atoms with Gasteiger partial charge in [-0.2, -0.15) is 0 Å². The van der Waals surface area contributed by atoms with Crippen LogP contribution in [-0.4, -0.2) is 38.0 Å². The molecule has 1 aliphatic rings. The van der Waals surface area contributed by atoms with E-state index in [0.29, 0.717) is 5.69 Å². The number of morpholine rings is 1. The molecule has 0 aliphatic carbocycles. The third kappa shape index (κ3) is 5.62.